The van der Waals surface area contributed by atoms with Crippen LogP contribution in [0.3, 0.4) is 0 Å². The van der Waals surface area contributed by atoms with Crippen LogP contribution in [0.1, 0.15) is 50.5 Å². The van der Waals surface area contributed by atoms with Crippen LogP contribution < -0.4 is 4.90 Å². The van der Waals surface area contributed by atoms with E-state index in [9.17, 15) is 14.0 Å². The number of carbonyl (C=O) groups excluding carboxylic acids is 2. The third-order valence-electron chi connectivity index (χ3n) is 7.76. The van der Waals surface area contributed by atoms with Gasteiger partial charge in [-0.25, -0.2) is 4.39 Å². The van der Waals surface area contributed by atoms with Crippen molar-refractivity contribution >= 4 is 17.5 Å². The molecule has 5 nitrogen and oxygen atoms in total. The van der Waals surface area contributed by atoms with E-state index in [0.717, 1.165) is 31.4 Å². The molecule has 2 amide bonds. The first-order chi connectivity index (χ1) is 16.0. The van der Waals surface area contributed by atoms with Gasteiger partial charge in [-0.2, -0.15) is 0 Å². The summed E-state index contributed by atoms with van der Waals surface area (Å²) in [7, 11) is 0. The average Bonchev–Trinajstić information content (AvgIpc) is 3.25. The van der Waals surface area contributed by atoms with Crippen molar-refractivity contribution in [3.8, 4) is 0 Å². The molecule has 1 aliphatic carbocycles. The molecule has 0 N–H and O–H groups in total. The van der Waals surface area contributed by atoms with E-state index in [1.54, 1.807) is 12.1 Å². The first-order valence-electron chi connectivity index (χ1n) is 12.1. The topological polar surface area (TPSA) is 49.9 Å². The largest absolute Gasteiger partial charge is 0.363 e. The minimum Gasteiger partial charge on any atom is -0.363 e. The zero-order valence-electron chi connectivity index (χ0n) is 19.0. The fourth-order valence-electron chi connectivity index (χ4n) is 5.96. The van der Waals surface area contributed by atoms with Gasteiger partial charge in [0.2, 0.25) is 5.91 Å². The molecule has 3 fully saturated rings. The molecule has 1 saturated carbocycles. The number of ether oxygens (including phenoxy) is 1. The third kappa shape index (κ3) is 4.05. The van der Waals surface area contributed by atoms with Crippen molar-refractivity contribution in [3.05, 3.63) is 66.0 Å². The lowest BCUT2D eigenvalue weighted by Crippen LogP contribution is -2.55. The Morgan fingerprint density at radius 1 is 0.879 bits per heavy atom. The van der Waals surface area contributed by atoms with Crippen molar-refractivity contribution in [1.82, 2.24) is 4.90 Å². The van der Waals surface area contributed by atoms with Crippen LogP contribution in [0, 0.1) is 5.82 Å². The summed E-state index contributed by atoms with van der Waals surface area (Å²) in [5.74, 6) is -0.269. The van der Waals surface area contributed by atoms with Gasteiger partial charge in [0.05, 0.1) is 17.6 Å². The Labute approximate surface area is 194 Å². The Balaban J connectivity index is 1.35. The van der Waals surface area contributed by atoms with Crippen LogP contribution in [0.4, 0.5) is 10.1 Å². The minimum absolute atomic E-state index is 0.0338. The Morgan fingerprint density at radius 3 is 2.36 bits per heavy atom. The molecule has 1 spiro atoms. The van der Waals surface area contributed by atoms with Crippen LogP contribution in [-0.4, -0.2) is 48.6 Å². The molecule has 2 saturated heterocycles. The first-order valence-corrected chi connectivity index (χ1v) is 12.1. The molecule has 0 radical (unpaired) electrons. The lowest BCUT2D eigenvalue weighted by atomic mass is 9.77. The quantitative estimate of drug-likeness (QED) is 0.694. The summed E-state index contributed by atoms with van der Waals surface area (Å²) >= 11 is 0. The Morgan fingerprint density at radius 2 is 1.61 bits per heavy atom. The number of nitrogens with zero attached hydrogens (tertiary/aromatic N) is 2. The normalized spacial score (nSPS) is 25.3. The number of anilines is 1. The van der Waals surface area contributed by atoms with E-state index in [4.69, 9.17) is 4.74 Å². The second-order valence-electron chi connectivity index (χ2n) is 9.70. The summed E-state index contributed by atoms with van der Waals surface area (Å²) in [6.45, 7) is 1.75. The molecular formula is C27H31FN2O3. The van der Waals surface area contributed by atoms with E-state index in [1.165, 1.54) is 6.07 Å². The fourth-order valence-corrected chi connectivity index (χ4v) is 5.96. The van der Waals surface area contributed by atoms with Gasteiger partial charge < -0.3 is 14.5 Å². The zero-order chi connectivity index (χ0) is 22.9. The van der Waals surface area contributed by atoms with E-state index in [0.29, 0.717) is 44.5 Å². The number of amides is 2. The van der Waals surface area contributed by atoms with Gasteiger partial charge >= 0.3 is 0 Å². The first kappa shape index (κ1) is 22.1. The van der Waals surface area contributed by atoms with Gasteiger partial charge in [0.1, 0.15) is 12.4 Å². The van der Waals surface area contributed by atoms with Crippen LogP contribution in [0.2, 0.25) is 0 Å². The number of halogens is 1. The standard InChI is InChI=1S/C27H31FN2O3/c28-23-12-5-4-11-22(23)27(14-6-7-15-27)25(32)29-17-8-13-26(16-18-29)20-30(24(31)19-33-26)21-9-2-1-3-10-21/h1-5,9-12H,6-8,13-20H2/t26-/m0/s1. The van der Waals surface area contributed by atoms with E-state index in [2.05, 4.69) is 0 Å². The van der Waals surface area contributed by atoms with E-state index < -0.39 is 11.0 Å². The molecule has 0 unspecified atom stereocenters. The predicted octanol–water partition coefficient (Wildman–Crippen LogP) is 4.45. The number of rotatable bonds is 3. The van der Waals surface area contributed by atoms with Gasteiger partial charge in [0.15, 0.2) is 0 Å². The number of carbonyl (C=O) groups is 2. The number of hydrogen-bond donors (Lipinski definition) is 0. The molecular weight excluding hydrogens is 419 g/mol. The molecule has 174 valence electrons. The van der Waals surface area contributed by atoms with Gasteiger partial charge in [-0.15, -0.1) is 0 Å². The fraction of sp³-hybridized carbons (Fsp3) is 0.481. The minimum atomic E-state index is -0.762. The van der Waals surface area contributed by atoms with Gasteiger partial charge in [-0.05, 0) is 50.3 Å². The molecule has 2 aromatic carbocycles. The highest BCUT2D eigenvalue weighted by atomic mass is 19.1. The Hall–Kier alpha value is -2.73. The SMILES string of the molecule is O=C1CO[C@]2(CCCN(C(=O)C3(c4ccccc4F)CCCC3)CC2)CN1c1ccccc1. The van der Waals surface area contributed by atoms with Crippen LogP contribution in [0.25, 0.3) is 0 Å². The predicted molar refractivity (Wildman–Crippen MR) is 124 cm³/mol. The monoisotopic (exact) mass is 450 g/mol. The lowest BCUT2D eigenvalue weighted by Gasteiger charge is -2.42. The summed E-state index contributed by atoms with van der Waals surface area (Å²) in [5.41, 5.74) is 0.204. The highest BCUT2D eigenvalue weighted by molar-refractivity contribution is 5.95. The van der Waals surface area contributed by atoms with E-state index in [1.807, 2.05) is 46.2 Å². The number of morpholine rings is 1. The van der Waals surface area contributed by atoms with Crippen LogP contribution >= 0.6 is 0 Å². The van der Waals surface area contributed by atoms with Crippen molar-refractivity contribution in [3.63, 3.8) is 0 Å². The summed E-state index contributed by atoms with van der Waals surface area (Å²) in [6, 6.07) is 16.5. The van der Waals surface area contributed by atoms with Crippen molar-refractivity contribution < 1.29 is 18.7 Å². The second kappa shape index (κ2) is 8.90. The maximum absolute atomic E-state index is 14.8. The van der Waals surface area contributed by atoms with Gasteiger partial charge in [0.25, 0.3) is 5.91 Å². The Bertz CT molecular complexity index is 1020. The third-order valence-corrected chi connectivity index (χ3v) is 7.76. The molecule has 6 heteroatoms. The smallest absolute Gasteiger partial charge is 0.253 e. The van der Waals surface area contributed by atoms with Gasteiger partial charge in [-0.3, -0.25) is 9.59 Å². The molecule has 2 heterocycles. The van der Waals surface area contributed by atoms with Crippen LogP contribution in [0.5, 0.6) is 0 Å². The maximum atomic E-state index is 14.8. The molecule has 2 aliphatic heterocycles. The van der Waals surface area contributed by atoms with E-state index >= 15 is 0 Å². The lowest BCUT2D eigenvalue weighted by molar-refractivity contribution is -0.142. The van der Waals surface area contributed by atoms with Crippen LogP contribution in [-0.2, 0) is 19.7 Å². The summed E-state index contributed by atoms with van der Waals surface area (Å²) in [6.07, 6.45) is 5.53. The van der Waals surface area contributed by atoms with Gasteiger partial charge in [0, 0.05) is 24.3 Å². The molecule has 0 aromatic heterocycles. The molecule has 3 aliphatic rings. The summed E-state index contributed by atoms with van der Waals surface area (Å²) < 4.78 is 20.9. The average molecular weight is 451 g/mol. The molecule has 2 aromatic rings. The highest BCUT2D eigenvalue weighted by Crippen LogP contribution is 2.44. The molecule has 33 heavy (non-hydrogen) atoms. The number of hydrogen-bond acceptors (Lipinski definition) is 3. The van der Waals surface area contributed by atoms with Crippen LogP contribution in [0.15, 0.2) is 54.6 Å². The second-order valence-corrected chi connectivity index (χ2v) is 9.70. The zero-order valence-corrected chi connectivity index (χ0v) is 19.0. The number of para-hydroxylation sites is 1. The summed E-state index contributed by atoms with van der Waals surface area (Å²) in [4.78, 5) is 30.2. The van der Waals surface area contributed by atoms with Crippen molar-refractivity contribution in [2.75, 3.05) is 31.1 Å². The Kier molecular flexibility index (Phi) is 5.95. The van der Waals surface area contributed by atoms with Crippen molar-refractivity contribution in [2.24, 2.45) is 0 Å². The van der Waals surface area contributed by atoms with Crippen molar-refractivity contribution in [2.45, 2.75) is 56.0 Å². The number of benzene rings is 2. The van der Waals surface area contributed by atoms with E-state index in [-0.39, 0.29) is 24.2 Å². The van der Waals surface area contributed by atoms with Crippen molar-refractivity contribution in [1.29, 1.82) is 0 Å². The summed E-state index contributed by atoms with van der Waals surface area (Å²) in [5, 5.41) is 0. The maximum Gasteiger partial charge on any atom is 0.253 e. The molecule has 5 rings (SSSR count). The molecule has 0 bridgehead atoms. The highest BCUT2D eigenvalue weighted by Gasteiger charge is 2.48. The number of likely N-dealkylation sites (tertiary alicyclic amines) is 1. The van der Waals surface area contributed by atoms with Gasteiger partial charge in [-0.1, -0.05) is 49.2 Å². The molecule has 1 atom stereocenters.